The fourth-order valence-corrected chi connectivity index (χ4v) is 4.82. The fraction of sp³-hybridized carbons (Fsp3) is 0.333. The SMILES string of the molecule is Cc1ccc(S(=O)(=O)N2CCOCC2)cc1NC(=O)C1=NOC(c2ccccc2)C1. The van der Waals surface area contributed by atoms with Crippen molar-refractivity contribution in [1.29, 1.82) is 0 Å². The van der Waals surface area contributed by atoms with Gasteiger partial charge in [0, 0.05) is 25.2 Å². The molecule has 158 valence electrons. The maximum Gasteiger partial charge on any atom is 0.273 e. The third kappa shape index (κ3) is 4.23. The second-order valence-electron chi connectivity index (χ2n) is 7.19. The van der Waals surface area contributed by atoms with Gasteiger partial charge in [-0.25, -0.2) is 8.42 Å². The van der Waals surface area contributed by atoms with Crippen molar-refractivity contribution in [3.05, 3.63) is 59.7 Å². The molecule has 1 unspecified atom stereocenters. The number of ether oxygens (including phenoxy) is 1. The molecule has 2 aliphatic rings. The van der Waals surface area contributed by atoms with Gasteiger partial charge < -0.3 is 14.9 Å². The molecule has 1 fully saturated rings. The molecule has 0 aliphatic carbocycles. The number of aryl methyl sites for hydroxylation is 1. The number of rotatable bonds is 5. The van der Waals surface area contributed by atoms with E-state index in [1.807, 2.05) is 30.3 Å². The van der Waals surface area contributed by atoms with E-state index in [0.717, 1.165) is 11.1 Å². The maximum atomic E-state index is 12.9. The lowest BCUT2D eigenvalue weighted by molar-refractivity contribution is -0.110. The topological polar surface area (TPSA) is 97.3 Å². The first-order chi connectivity index (χ1) is 14.4. The number of hydrogen-bond acceptors (Lipinski definition) is 6. The quantitative estimate of drug-likeness (QED) is 0.788. The van der Waals surface area contributed by atoms with Crippen LogP contribution in [0, 0.1) is 6.92 Å². The minimum atomic E-state index is -3.65. The predicted octanol–water partition coefficient (Wildman–Crippen LogP) is 2.47. The van der Waals surface area contributed by atoms with Crippen molar-refractivity contribution in [3.63, 3.8) is 0 Å². The molecule has 1 saturated heterocycles. The highest BCUT2D eigenvalue weighted by molar-refractivity contribution is 7.89. The van der Waals surface area contributed by atoms with Crippen molar-refractivity contribution >= 4 is 27.3 Å². The van der Waals surface area contributed by atoms with E-state index in [1.165, 1.54) is 10.4 Å². The van der Waals surface area contributed by atoms with E-state index in [1.54, 1.807) is 19.1 Å². The van der Waals surface area contributed by atoms with E-state index in [0.29, 0.717) is 38.4 Å². The number of oxime groups is 1. The van der Waals surface area contributed by atoms with Crippen LogP contribution in [-0.2, 0) is 24.4 Å². The molecule has 0 saturated carbocycles. The summed E-state index contributed by atoms with van der Waals surface area (Å²) >= 11 is 0. The molecule has 0 bridgehead atoms. The molecule has 2 aliphatic heterocycles. The smallest absolute Gasteiger partial charge is 0.273 e. The van der Waals surface area contributed by atoms with Crippen molar-refractivity contribution in [2.75, 3.05) is 31.6 Å². The minimum Gasteiger partial charge on any atom is -0.387 e. The maximum absolute atomic E-state index is 12.9. The van der Waals surface area contributed by atoms with Gasteiger partial charge in [0.25, 0.3) is 5.91 Å². The van der Waals surface area contributed by atoms with Crippen LogP contribution < -0.4 is 5.32 Å². The van der Waals surface area contributed by atoms with Crippen LogP contribution in [0.4, 0.5) is 5.69 Å². The second-order valence-corrected chi connectivity index (χ2v) is 9.13. The Morgan fingerprint density at radius 1 is 1.13 bits per heavy atom. The highest BCUT2D eigenvalue weighted by atomic mass is 32.2. The van der Waals surface area contributed by atoms with Crippen LogP contribution >= 0.6 is 0 Å². The monoisotopic (exact) mass is 429 g/mol. The van der Waals surface area contributed by atoms with Gasteiger partial charge in [-0.3, -0.25) is 4.79 Å². The minimum absolute atomic E-state index is 0.136. The molecule has 30 heavy (non-hydrogen) atoms. The summed E-state index contributed by atoms with van der Waals surface area (Å²) in [5.41, 5.74) is 2.40. The van der Waals surface area contributed by atoms with Crippen molar-refractivity contribution in [2.24, 2.45) is 5.16 Å². The largest absolute Gasteiger partial charge is 0.387 e. The van der Waals surface area contributed by atoms with Crippen molar-refractivity contribution in [1.82, 2.24) is 4.31 Å². The van der Waals surface area contributed by atoms with E-state index in [2.05, 4.69) is 10.5 Å². The van der Waals surface area contributed by atoms with Gasteiger partial charge in [0.05, 0.1) is 18.1 Å². The van der Waals surface area contributed by atoms with Crippen LogP contribution in [0.25, 0.3) is 0 Å². The van der Waals surface area contributed by atoms with Gasteiger partial charge in [-0.15, -0.1) is 0 Å². The van der Waals surface area contributed by atoms with Crippen molar-refractivity contribution in [3.8, 4) is 0 Å². The highest BCUT2D eigenvalue weighted by Gasteiger charge is 2.29. The van der Waals surface area contributed by atoms with Crippen LogP contribution in [-0.4, -0.2) is 50.6 Å². The third-order valence-electron chi connectivity index (χ3n) is 5.17. The first kappa shape index (κ1) is 20.5. The van der Waals surface area contributed by atoms with Gasteiger partial charge >= 0.3 is 0 Å². The number of hydrogen-bond donors (Lipinski definition) is 1. The first-order valence-corrected chi connectivity index (χ1v) is 11.2. The summed E-state index contributed by atoms with van der Waals surface area (Å²) in [4.78, 5) is 18.3. The second kappa shape index (κ2) is 8.55. The van der Waals surface area contributed by atoms with Gasteiger partial charge in [0.15, 0.2) is 6.10 Å². The van der Waals surface area contributed by atoms with E-state index >= 15 is 0 Å². The zero-order valence-corrected chi connectivity index (χ0v) is 17.4. The summed E-state index contributed by atoms with van der Waals surface area (Å²) in [6, 6.07) is 14.3. The molecule has 2 aromatic carbocycles. The van der Waals surface area contributed by atoms with Crippen LogP contribution in [0.2, 0.25) is 0 Å². The van der Waals surface area contributed by atoms with Gasteiger partial charge in [0.1, 0.15) is 5.71 Å². The summed E-state index contributed by atoms with van der Waals surface area (Å²) in [5.74, 6) is -0.405. The lowest BCUT2D eigenvalue weighted by Crippen LogP contribution is -2.40. The van der Waals surface area contributed by atoms with Crippen molar-refractivity contribution in [2.45, 2.75) is 24.3 Å². The number of sulfonamides is 1. The molecule has 0 spiro atoms. The summed E-state index contributed by atoms with van der Waals surface area (Å²) in [6.45, 7) is 3.18. The molecule has 0 radical (unpaired) electrons. The molecule has 4 rings (SSSR count). The van der Waals surface area contributed by atoms with E-state index in [-0.39, 0.29) is 16.7 Å². The van der Waals surface area contributed by atoms with Gasteiger partial charge in [0.2, 0.25) is 10.0 Å². The Balaban J connectivity index is 1.48. The predicted molar refractivity (Wildman–Crippen MR) is 112 cm³/mol. The van der Waals surface area contributed by atoms with Crippen molar-refractivity contribution < 1.29 is 22.8 Å². The van der Waals surface area contributed by atoms with Crippen LogP contribution in [0.1, 0.15) is 23.7 Å². The average Bonchev–Trinajstić information content (AvgIpc) is 3.27. The number of benzene rings is 2. The Morgan fingerprint density at radius 2 is 1.87 bits per heavy atom. The Morgan fingerprint density at radius 3 is 2.60 bits per heavy atom. The number of nitrogens with zero attached hydrogens (tertiary/aromatic N) is 2. The molecule has 8 nitrogen and oxygen atoms in total. The Hall–Kier alpha value is -2.75. The number of anilines is 1. The standard InChI is InChI=1S/C21H23N3O5S/c1-15-7-8-17(30(26,27)24-9-11-28-12-10-24)13-18(15)22-21(25)19-14-20(29-23-19)16-5-3-2-4-6-16/h2-8,13,20H,9-12,14H2,1H3,(H,22,25). The third-order valence-corrected chi connectivity index (χ3v) is 7.06. The highest BCUT2D eigenvalue weighted by Crippen LogP contribution is 2.28. The zero-order chi connectivity index (χ0) is 21.1. The number of amides is 1. The van der Waals surface area contributed by atoms with E-state index in [4.69, 9.17) is 9.57 Å². The molecule has 1 N–H and O–H groups in total. The number of morpholine rings is 1. The van der Waals surface area contributed by atoms with Gasteiger partial charge in [-0.2, -0.15) is 4.31 Å². The molecule has 2 aromatic rings. The first-order valence-electron chi connectivity index (χ1n) is 9.73. The molecule has 1 amide bonds. The van der Waals surface area contributed by atoms with Gasteiger partial charge in [-0.05, 0) is 30.2 Å². The number of nitrogens with one attached hydrogen (secondary N) is 1. The number of carbonyl (C=O) groups is 1. The van der Waals surface area contributed by atoms with E-state index < -0.39 is 15.9 Å². The molecule has 1 atom stereocenters. The fourth-order valence-electron chi connectivity index (χ4n) is 3.38. The summed E-state index contributed by atoms with van der Waals surface area (Å²) in [7, 11) is -3.65. The van der Waals surface area contributed by atoms with Crippen LogP contribution in [0.15, 0.2) is 58.6 Å². The van der Waals surface area contributed by atoms with Crippen LogP contribution in [0.5, 0.6) is 0 Å². The lowest BCUT2D eigenvalue weighted by atomic mass is 10.0. The van der Waals surface area contributed by atoms with E-state index in [9.17, 15) is 13.2 Å². The Kier molecular flexibility index (Phi) is 5.85. The molecule has 2 heterocycles. The summed E-state index contributed by atoms with van der Waals surface area (Å²) < 4.78 is 32.4. The normalized spacial score (nSPS) is 19.8. The molecular weight excluding hydrogens is 406 g/mol. The Labute approximate surface area is 175 Å². The molecular formula is C21H23N3O5S. The average molecular weight is 429 g/mol. The molecule has 9 heteroatoms. The van der Waals surface area contributed by atoms with Gasteiger partial charge in [-0.1, -0.05) is 41.6 Å². The zero-order valence-electron chi connectivity index (χ0n) is 16.6. The molecule has 0 aromatic heterocycles. The van der Waals surface area contributed by atoms with Crippen LogP contribution in [0.3, 0.4) is 0 Å². The summed E-state index contributed by atoms with van der Waals surface area (Å²) in [6.07, 6.45) is 0.0433. The lowest BCUT2D eigenvalue weighted by Gasteiger charge is -2.26. The number of carbonyl (C=O) groups excluding carboxylic acids is 1. The summed E-state index contributed by atoms with van der Waals surface area (Å²) in [5, 5.41) is 6.71. The Bertz CT molecular complexity index is 1060.